The van der Waals surface area contributed by atoms with Gasteiger partial charge in [0.15, 0.2) is 0 Å². The molecule has 6 atom stereocenters. The molecule has 0 radical (unpaired) electrons. The molecule has 0 amide bonds. The molecular formula is C31H64FHfN3Si. The summed E-state index contributed by atoms with van der Waals surface area (Å²) in [4.78, 5) is 0. The van der Waals surface area contributed by atoms with Crippen LogP contribution in [0.5, 0.6) is 0 Å². The van der Waals surface area contributed by atoms with Gasteiger partial charge in [-0.05, 0) is 13.1 Å². The molecule has 0 fully saturated rings. The summed E-state index contributed by atoms with van der Waals surface area (Å²) in [5, 5.41) is 14.4. The molecule has 37 heavy (non-hydrogen) atoms. The van der Waals surface area contributed by atoms with Gasteiger partial charge in [-0.3, -0.25) is 0 Å². The van der Waals surface area contributed by atoms with Crippen LogP contribution < -0.4 is 5.19 Å². The minimum absolute atomic E-state index is 0. The van der Waals surface area contributed by atoms with Crippen LogP contribution in [0.15, 0.2) is 24.3 Å². The van der Waals surface area contributed by atoms with E-state index in [0.717, 1.165) is 5.19 Å². The fourth-order valence-corrected chi connectivity index (χ4v) is 3.69. The standard InChI is InChI=1S/3C8H18N.C7H10FSi.Hf/c3*1-5-7(3)9-8(4)6-2;1-9(2,8)7-5-3-4-6-7;/h3*7-8H,5-6H2,1-4H3;3-6H,1-2H3;/q4*-1;+4. The van der Waals surface area contributed by atoms with E-state index in [1.807, 2.05) is 24.3 Å². The Morgan fingerprint density at radius 3 is 0.838 bits per heavy atom. The molecule has 0 N–H and O–H groups in total. The van der Waals surface area contributed by atoms with Crippen LogP contribution in [0.25, 0.3) is 16.0 Å². The van der Waals surface area contributed by atoms with Crippen LogP contribution >= 0.6 is 0 Å². The average Bonchev–Trinajstić information content (AvgIpc) is 3.40. The molecule has 1 aromatic carbocycles. The molecule has 0 spiro atoms. The molecule has 6 heteroatoms. The normalized spacial score (nSPS) is 15.5. The third-order valence-electron chi connectivity index (χ3n) is 6.42. The summed E-state index contributed by atoms with van der Waals surface area (Å²) in [7, 11) is -2.48. The monoisotopic (exact) mass is 705 g/mol. The van der Waals surface area contributed by atoms with E-state index in [0.29, 0.717) is 36.3 Å². The molecule has 3 nitrogen and oxygen atoms in total. The fraction of sp³-hybridized carbons (Fsp3) is 0.839. The number of halogens is 1. The van der Waals surface area contributed by atoms with Crippen LogP contribution in [0.3, 0.4) is 0 Å². The maximum atomic E-state index is 13.1. The van der Waals surface area contributed by atoms with Crippen molar-refractivity contribution < 1.29 is 30.0 Å². The maximum Gasteiger partial charge on any atom is 4.00 e. The zero-order chi connectivity index (χ0) is 28.7. The molecule has 6 unspecified atom stereocenters. The zero-order valence-electron chi connectivity index (χ0n) is 27.2. The van der Waals surface area contributed by atoms with Crippen LogP contribution in [0.1, 0.15) is 122 Å². The van der Waals surface area contributed by atoms with Crippen molar-refractivity contribution in [3.8, 4) is 0 Å². The van der Waals surface area contributed by atoms with Gasteiger partial charge in [-0.2, -0.15) is 12.1 Å². The first-order valence-corrected chi connectivity index (χ1v) is 17.6. The van der Waals surface area contributed by atoms with Gasteiger partial charge in [-0.15, -0.1) is 41.4 Å². The van der Waals surface area contributed by atoms with E-state index in [4.69, 9.17) is 0 Å². The van der Waals surface area contributed by atoms with Crippen LogP contribution in [-0.4, -0.2) is 44.7 Å². The largest absolute Gasteiger partial charge is 4.00 e. The third-order valence-corrected chi connectivity index (χ3v) is 8.13. The molecule has 1 rings (SSSR count). The average molecular weight is 704 g/mol. The number of nitrogens with zero attached hydrogens (tertiary/aromatic N) is 3. The Bertz CT molecular complexity index is 484. The predicted octanol–water partition coefficient (Wildman–Crippen LogP) is 10.7. The van der Waals surface area contributed by atoms with E-state index in [2.05, 4.69) is 99.0 Å². The molecule has 0 saturated heterocycles. The van der Waals surface area contributed by atoms with E-state index in [1.165, 1.54) is 38.5 Å². The molecule has 0 aliphatic carbocycles. The number of hydrogen-bond donors (Lipinski definition) is 0. The molecule has 1 aromatic rings. The quantitative estimate of drug-likeness (QED) is 0.111. The zero-order valence-corrected chi connectivity index (χ0v) is 31.8. The summed E-state index contributed by atoms with van der Waals surface area (Å²) in [6.45, 7) is 29.5. The Labute approximate surface area is 253 Å². The van der Waals surface area contributed by atoms with Crippen LogP contribution in [0, 0.1) is 0 Å². The summed E-state index contributed by atoms with van der Waals surface area (Å²) in [5.41, 5.74) is 0. The summed E-state index contributed by atoms with van der Waals surface area (Å²) < 4.78 is 13.1. The van der Waals surface area contributed by atoms with Gasteiger partial charge in [0, 0.05) is 0 Å². The van der Waals surface area contributed by atoms with E-state index in [9.17, 15) is 4.11 Å². The Morgan fingerprint density at radius 2 is 0.730 bits per heavy atom. The van der Waals surface area contributed by atoms with Gasteiger partial charge in [0.1, 0.15) is 0 Å². The Balaban J connectivity index is -0.000000194. The maximum absolute atomic E-state index is 13.1. The van der Waals surface area contributed by atoms with Gasteiger partial charge in [0.25, 0.3) is 0 Å². The summed E-state index contributed by atoms with van der Waals surface area (Å²) in [5.74, 6) is 0. The first kappa shape index (κ1) is 44.3. The first-order valence-electron chi connectivity index (χ1n) is 14.7. The van der Waals surface area contributed by atoms with Crippen molar-refractivity contribution in [2.24, 2.45) is 0 Å². The molecular weight excluding hydrogens is 640 g/mol. The number of rotatable bonds is 13. The smallest absolute Gasteiger partial charge is 0.657 e. The Hall–Kier alpha value is 0.247. The number of hydrogen-bond acceptors (Lipinski definition) is 0. The summed E-state index contributed by atoms with van der Waals surface area (Å²) >= 11 is 0. The first-order chi connectivity index (χ1) is 16.7. The Kier molecular flexibility index (Phi) is 33.3. The van der Waals surface area contributed by atoms with E-state index >= 15 is 0 Å². The van der Waals surface area contributed by atoms with Crippen LogP contribution in [0.2, 0.25) is 13.1 Å². The molecule has 0 aliphatic heterocycles. The van der Waals surface area contributed by atoms with Crippen molar-refractivity contribution in [3.63, 3.8) is 0 Å². The van der Waals surface area contributed by atoms with Crippen molar-refractivity contribution in [3.05, 3.63) is 40.2 Å². The van der Waals surface area contributed by atoms with Gasteiger partial charge in [-0.1, -0.05) is 122 Å². The third kappa shape index (κ3) is 30.6. The molecule has 0 bridgehead atoms. The second-order valence-electron chi connectivity index (χ2n) is 10.6. The molecule has 218 valence electrons. The van der Waals surface area contributed by atoms with Crippen molar-refractivity contribution in [2.45, 2.75) is 171 Å². The van der Waals surface area contributed by atoms with Crippen LogP contribution in [0.4, 0.5) is 4.11 Å². The molecule has 0 heterocycles. The minimum Gasteiger partial charge on any atom is -0.657 e. The van der Waals surface area contributed by atoms with Crippen molar-refractivity contribution in [1.29, 1.82) is 0 Å². The van der Waals surface area contributed by atoms with Crippen molar-refractivity contribution in [2.75, 3.05) is 0 Å². The van der Waals surface area contributed by atoms with E-state index in [1.54, 1.807) is 13.1 Å². The fourth-order valence-electron chi connectivity index (χ4n) is 2.71. The van der Waals surface area contributed by atoms with E-state index in [-0.39, 0.29) is 25.8 Å². The summed E-state index contributed by atoms with van der Waals surface area (Å²) in [6, 6.07) is 10.8. The topological polar surface area (TPSA) is 42.3 Å². The molecule has 0 saturated carbocycles. The van der Waals surface area contributed by atoms with Gasteiger partial charge in [0.2, 0.25) is 8.41 Å². The molecule has 0 aromatic heterocycles. The predicted molar refractivity (Wildman–Crippen MR) is 169 cm³/mol. The SMILES string of the molecule is CCC(C)[N-]C(C)CC.CCC(C)[N-]C(C)CC.CCC(C)[N-]C(C)CC.C[Si](C)(F)[c-]1cccc1.[Hf+4]. The van der Waals surface area contributed by atoms with Gasteiger partial charge >= 0.3 is 25.8 Å². The summed E-state index contributed by atoms with van der Waals surface area (Å²) in [6.07, 6.45) is 7.03. The molecule has 0 aliphatic rings. The van der Waals surface area contributed by atoms with Crippen molar-refractivity contribution in [1.82, 2.24) is 0 Å². The van der Waals surface area contributed by atoms with Crippen molar-refractivity contribution >= 4 is 13.6 Å². The van der Waals surface area contributed by atoms with E-state index < -0.39 is 8.41 Å². The van der Waals surface area contributed by atoms with Gasteiger partial charge < -0.3 is 20.1 Å². The second-order valence-corrected chi connectivity index (χ2v) is 14.2. The van der Waals surface area contributed by atoms with Gasteiger partial charge in [-0.25, -0.2) is 12.1 Å². The Morgan fingerprint density at radius 1 is 0.541 bits per heavy atom. The second kappa shape index (κ2) is 27.8. The minimum atomic E-state index is -2.48. The van der Waals surface area contributed by atoms with Crippen LogP contribution in [-0.2, 0) is 25.8 Å². The van der Waals surface area contributed by atoms with Gasteiger partial charge in [0.05, 0.1) is 0 Å².